The molecule has 0 saturated carbocycles. The van der Waals surface area contributed by atoms with E-state index in [4.69, 9.17) is 0 Å². The van der Waals surface area contributed by atoms with Gasteiger partial charge in [0.1, 0.15) is 0 Å². The Balaban J connectivity index is 2.27. The third-order valence-corrected chi connectivity index (χ3v) is 2.29. The van der Waals surface area contributed by atoms with Crippen molar-refractivity contribution in [3.63, 3.8) is 0 Å². The Labute approximate surface area is 72.8 Å². The maximum atomic E-state index is 3.86. The molecule has 2 N–H and O–H groups in total. The highest BCUT2D eigenvalue weighted by Crippen LogP contribution is 2.15. The molecule has 5 heteroatoms. The van der Waals surface area contributed by atoms with Crippen molar-refractivity contribution < 1.29 is 0 Å². The zero-order valence-corrected chi connectivity index (χ0v) is 7.28. The van der Waals surface area contributed by atoms with Gasteiger partial charge in [-0.2, -0.15) is 10.2 Å². The number of hydrogen-bond acceptors (Lipinski definition) is 2. The van der Waals surface area contributed by atoms with Gasteiger partial charge in [0.15, 0.2) is 0 Å². The molecule has 3 radical (unpaired) electrons. The third kappa shape index (κ3) is 1.18. The van der Waals surface area contributed by atoms with Crippen LogP contribution in [0.4, 0.5) is 0 Å². The zero-order chi connectivity index (χ0) is 8.39. The summed E-state index contributed by atoms with van der Waals surface area (Å²) >= 11 is 0. The van der Waals surface area contributed by atoms with E-state index in [2.05, 4.69) is 30.6 Å². The molecule has 0 aliphatic rings. The van der Waals surface area contributed by atoms with Crippen LogP contribution in [0.5, 0.6) is 0 Å². The average molecular weight is 175 g/mol. The molecule has 59 valence electrons. The molecule has 2 rings (SSSR count). The summed E-state index contributed by atoms with van der Waals surface area (Å²) in [5, 5.41) is 13.5. The predicted octanol–water partition coefficient (Wildman–Crippen LogP) is 0.391. The Morgan fingerprint density at radius 2 is 1.58 bits per heavy atom. The van der Waals surface area contributed by atoms with E-state index in [9.17, 15) is 0 Å². The maximum absolute atomic E-state index is 3.86. The van der Waals surface area contributed by atoms with Gasteiger partial charge >= 0.3 is 0 Å². The summed E-state index contributed by atoms with van der Waals surface area (Å²) in [5.74, 6) is 0. The van der Waals surface area contributed by atoms with Gasteiger partial charge in [0.05, 0.1) is 0 Å². The van der Waals surface area contributed by atoms with Crippen LogP contribution in [0.2, 0.25) is 0 Å². The average Bonchev–Trinajstić information content (AvgIpc) is 2.77. The van der Waals surface area contributed by atoms with Gasteiger partial charge in [0.2, 0.25) is 0 Å². The topological polar surface area (TPSA) is 57.4 Å². The Hall–Kier alpha value is -1.36. The van der Waals surface area contributed by atoms with Crippen molar-refractivity contribution in [3.8, 4) is 0 Å². The Bertz CT molecular complexity index is 292. The van der Waals surface area contributed by atoms with Gasteiger partial charge < -0.3 is 0 Å². The molecular weight excluding hydrogens is 168 g/mol. The molecule has 0 amide bonds. The van der Waals surface area contributed by atoms with Crippen LogP contribution in [0.3, 0.4) is 0 Å². The molecular formula is C7H7N4Si. The van der Waals surface area contributed by atoms with Gasteiger partial charge in [0, 0.05) is 39.6 Å². The smallest absolute Gasteiger partial charge is 0.0490 e. The largest absolute Gasteiger partial charge is 0.282 e. The molecule has 0 saturated heterocycles. The van der Waals surface area contributed by atoms with Gasteiger partial charge in [-0.1, -0.05) is 0 Å². The highest BCUT2D eigenvalue weighted by atomic mass is 28.1. The lowest BCUT2D eigenvalue weighted by atomic mass is 10.2. The molecule has 12 heavy (non-hydrogen) atoms. The molecule has 2 heterocycles. The Kier molecular flexibility index (Phi) is 1.79. The first-order valence-corrected chi connectivity index (χ1v) is 4.15. The second kappa shape index (κ2) is 2.94. The van der Waals surface area contributed by atoms with Crippen LogP contribution in [0, 0.1) is 0 Å². The number of nitrogens with zero attached hydrogens (tertiary/aromatic N) is 2. The summed E-state index contributed by atoms with van der Waals surface area (Å²) in [7, 11) is 3.56. The lowest BCUT2D eigenvalue weighted by Gasteiger charge is -2.04. The maximum Gasteiger partial charge on any atom is 0.0490 e. The van der Waals surface area contributed by atoms with Crippen LogP contribution in [-0.2, 0) is 0 Å². The fourth-order valence-corrected chi connectivity index (χ4v) is 1.34. The van der Waals surface area contributed by atoms with E-state index in [-0.39, 0.29) is 5.54 Å². The second-order valence-corrected chi connectivity index (χ2v) is 3.03. The number of hydrogen-bond donors (Lipinski definition) is 2. The quantitative estimate of drug-likeness (QED) is 0.649. The Morgan fingerprint density at radius 3 is 1.92 bits per heavy atom. The molecule has 4 nitrogen and oxygen atoms in total. The molecule has 0 fully saturated rings. The number of rotatable bonds is 2. The van der Waals surface area contributed by atoms with E-state index in [1.165, 1.54) is 0 Å². The SMILES string of the molecule is [Si]C(c1ccn[nH]1)c1ccn[nH]1. The minimum atomic E-state index is 0.106. The van der Waals surface area contributed by atoms with Crippen molar-refractivity contribution in [1.29, 1.82) is 0 Å². The van der Waals surface area contributed by atoms with Crippen LogP contribution in [0.15, 0.2) is 24.5 Å². The summed E-state index contributed by atoms with van der Waals surface area (Å²) < 4.78 is 0. The van der Waals surface area contributed by atoms with Crippen LogP contribution in [-0.4, -0.2) is 30.6 Å². The van der Waals surface area contributed by atoms with Gasteiger partial charge in [-0.25, -0.2) is 0 Å². The molecule has 0 aromatic carbocycles. The minimum absolute atomic E-state index is 0.106. The standard InChI is InChI=1S/C7H7N4Si/c12-7(5-1-3-8-10-5)6-2-4-9-11-6/h1-4,7H,(H,8,10)(H,9,11). The number of aromatic amines is 2. The fraction of sp³-hybridized carbons (Fsp3) is 0.143. The van der Waals surface area contributed by atoms with E-state index in [1.54, 1.807) is 12.4 Å². The number of aromatic nitrogens is 4. The second-order valence-electron chi connectivity index (χ2n) is 2.46. The van der Waals surface area contributed by atoms with Crippen LogP contribution >= 0.6 is 0 Å². The van der Waals surface area contributed by atoms with Crippen molar-refractivity contribution in [3.05, 3.63) is 35.9 Å². The highest BCUT2D eigenvalue weighted by molar-refractivity contribution is 6.14. The minimum Gasteiger partial charge on any atom is -0.282 e. The molecule has 0 spiro atoms. The van der Waals surface area contributed by atoms with Crippen LogP contribution < -0.4 is 0 Å². The predicted molar refractivity (Wildman–Crippen MR) is 44.8 cm³/mol. The first-order valence-electron chi connectivity index (χ1n) is 3.57. The molecule has 2 aromatic rings. The molecule has 0 bridgehead atoms. The van der Waals surface area contributed by atoms with E-state index in [0.29, 0.717) is 0 Å². The number of nitrogens with one attached hydrogen (secondary N) is 2. The lowest BCUT2D eigenvalue weighted by Crippen LogP contribution is -2.01. The molecule has 0 atom stereocenters. The summed E-state index contributed by atoms with van der Waals surface area (Å²) in [4.78, 5) is 0. The summed E-state index contributed by atoms with van der Waals surface area (Å²) in [6.45, 7) is 0. The van der Waals surface area contributed by atoms with Crippen molar-refractivity contribution in [2.75, 3.05) is 0 Å². The van der Waals surface area contributed by atoms with E-state index < -0.39 is 0 Å². The van der Waals surface area contributed by atoms with Crippen molar-refractivity contribution >= 4 is 10.2 Å². The first kappa shape index (κ1) is 7.29. The van der Waals surface area contributed by atoms with Crippen LogP contribution in [0.25, 0.3) is 0 Å². The summed E-state index contributed by atoms with van der Waals surface area (Å²) in [5.41, 5.74) is 2.13. The summed E-state index contributed by atoms with van der Waals surface area (Å²) in [6, 6.07) is 3.83. The van der Waals surface area contributed by atoms with Gasteiger partial charge in [-0.15, -0.1) is 0 Å². The fourth-order valence-electron chi connectivity index (χ4n) is 1.02. The van der Waals surface area contributed by atoms with Crippen molar-refractivity contribution in [2.24, 2.45) is 0 Å². The highest BCUT2D eigenvalue weighted by Gasteiger charge is 2.09. The third-order valence-electron chi connectivity index (χ3n) is 1.67. The monoisotopic (exact) mass is 175 g/mol. The Morgan fingerprint density at radius 1 is 1.08 bits per heavy atom. The first-order chi connectivity index (χ1) is 5.88. The zero-order valence-electron chi connectivity index (χ0n) is 6.28. The molecule has 0 unspecified atom stereocenters. The van der Waals surface area contributed by atoms with Crippen molar-refractivity contribution in [2.45, 2.75) is 5.54 Å². The van der Waals surface area contributed by atoms with Crippen LogP contribution in [0.1, 0.15) is 16.9 Å². The molecule has 0 aliphatic carbocycles. The molecule has 2 aromatic heterocycles. The van der Waals surface area contributed by atoms with E-state index in [1.807, 2.05) is 12.1 Å². The lowest BCUT2D eigenvalue weighted by molar-refractivity contribution is 0.922. The van der Waals surface area contributed by atoms with Gasteiger partial charge in [0.25, 0.3) is 0 Å². The van der Waals surface area contributed by atoms with Gasteiger partial charge in [-0.05, 0) is 12.1 Å². The number of H-pyrrole nitrogens is 2. The van der Waals surface area contributed by atoms with Gasteiger partial charge in [-0.3, -0.25) is 10.2 Å². The molecule has 0 aliphatic heterocycles. The normalized spacial score (nSPS) is 10.8. The van der Waals surface area contributed by atoms with E-state index in [0.717, 1.165) is 11.4 Å². The van der Waals surface area contributed by atoms with E-state index >= 15 is 0 Å². The summed E-state index contributed by atoms with van der Waals surface area (Å²) in [6.07, 6.45) is 3.44. The van der Waals surface area contributed by atoms with Crippen molar-refractivity contribution in [1.82, 2.24) is 20.4 Å².